The van der Waals surface area contributed by atoms with Crippen LogP contribution in [0.1, 0.15) is 5.56 Å². The van der Waals surface area contributed by atoms with Crippen molar-refractivity contribution < 1.29 is 4.74 Å². The molecule has 0 radical (unpaired) electrons. The predicted octanol–water partition coefficient (Wildman–Crippen LogP) is 3.54. The highest BCUT2D eigenvalue weighted by atomic mass is 16.5. The van der Waals surface area contributed by atoms with E-state index in [-0.39, 0.29) is 0 Å². The molecule has 0 unspecified atom stereocenters. The fourth-order valence-corrected chi connectivity index (χ4v) is 2.75. The van der Waals surface area contributed by atoms with Crippen molar-refractivity contribution in [1.82, 2.24) is 20.0 Å². The quantitative estimate of drug-likeness (QED) is 0.627. The third kappa shape index (κ3) is 2.57. The van der Waals surface area contributed by atoms with Gasteiger partial charge in [0, 0.05) is 12.4 Å². The first-order valence-corrected chi connectivity index (χ1v) is 7.43. The van der Waals surface area contributed by atoms with Crippen molar-refractivity contribution in [2.24, 2.45) is 7.05 Å². The van der Waals surface area contributed by atoms with Crippen LogP contribution in [0.15, 0.2) is 61.1 Å². The Bertz CT molecular complexity index is 954. The van der Waals surface area contributed by atoms with Crippen molar-refractivity contribution in [3.8, 4) is 16.9 Å². The maximum Gasteiger partial charge on any atom is 0.157 e. The normalized spacial score (nSPS) is 11.0. The minimum atomic E-state index is 0.496. The van der Waals surface area contributed by atoms with Gasteiger partial charge in [-0.3, -0.25) is 9.78 Å². The Kier molecular flexibility index (Phi) is 3.31. The van der Waals surface area contributed by atoms with Gasteiger partial charge in [0.1, 0.15) is 6.61 Å². The van der Waals surface area contributed by atoms with Crippen molar-refractivity contribution in [1.29, 1.82) is 0 Å². The highest BCUT2D eigenvalue weighted by molar-refractivity contribution is 5.95. The number of hydrogen-bond acceptors (Lipinski definition) is 3. The van der Waals surface area contributed by atoms with Gasteiger partial charge in [0.25, 0.3) is 0 Å². The van der Waals surface area contributed by atoms with Crippen LogP contribution in [0.4, 0.5) is 0 Å². The third-order valence-corrected chi connectivity index (χ3v) is 3.87. The van der Waals surface area contributed by atoms with Crippen LogP contribution in [-0.4, -0.2) is 20.0 Å². The zero-order chi connectivity index (χ0) is 15.6. The molecule has 0 aliphatic heterocycles. The highest BCUT2D eigenvalue weighted by Crippen LogP contribution is 2.30. The second-order valence-electron chi connectivity index (χ2n) is 5.43. The summed E-state index contributed by atoms with van der Waals surface area (Å²) in [6.07, 6.45) is 5.45. The molecule has 2 heterocycles. The van der Waals surface area contributed by atoms with Crippen LogP contribution in [0.25, 0.3) is 22.0 Å². The molecule has 2 aromatic carbocycles. The minimum Gasteiger partial charge on any atom is -0.486 e. The Labute approximate surface area is 133 Å². The lowest BCUT2D eigenvalue weighted by molar-refractivity contribution is 0.306. The molecule has 0 aliphatic rings. The van der Waals surface area contributed by atoms with Gasteiger partial charge in [0.05, 0.1) is 24.1 Å². The molecule has 1 N–H and O–H groups in total. The molecule has 23 heavy (non-hydrogen) atoms. The standard InChI is InChI=1S/C18H16N4O/c1-22-11-14(9-20-22)23-12-13-5-2-3-6-15(13)16-7-4-8-18-17(16)10-19-21-18/h2-11H,12H2,1H3,(H,19,21). The van der Waals surface area contributed by atoms with Gasteiger partial charge in [-0.25, -0.2) is 0 Å². The summed E-state index contributed by atoms with van der Waals surface area (Å²) in [5.74, 6) is 0.767. The minimum absolute atomic E-state index is 0.496. The lowest BCUT2D eigenvalue weighted by Crippen LogP contribution is -1.97. The molecule has 4 rings (SSSR count). The van der Waals surface area contributed by atoms with Crippen LogP contribution in [-0.2, 0) is 13.7 Å². The number of aromatic nitrogens is 4. The van der Waals surface area contributed by atoms with E-state index in [1.54, 1.807) is 10.9 Å². The summed E-state index contributed by atoms with van der Waals surface area (Å²) < 4.78 is 7.59. The number of nitrogens with one attached hydrogen (secondary N) is 1. The molecule has 5 nitrogen and oxygen atoms in total. The number of nitrogens with zero attached hydrogens (tertiary/aromatic N) is 3. The Balaban J connectivity index is 1.71. The molecule has 2 aromatic heterocycles. The average Bonchev–Trinajstić information content (AvgIpc) is 3.21. The Hall–Kier alpha value is -3.08. The molecule has 5 heteroatoms. The second-order valence-corrected chi connectivity index (χ2v) is 5.43. The molecule has 114 valence electrons. The Morgan fingerprint density at radius 2 is 1.91 bits per heavy atom. The number of benzene rings is 2. The van der Waals surface area contributed by atoms with E-state index in [1.165, 1.54) is 0 Å². The van der Waals surface area contributed by atoms with Crippen LogP contribution in [0, 0.1) is 0 Å². The summed E-state index contributed by atoms with van der Waals surface area (Å²) in [4.78, 5) is 0. The zero-order valence-electron chi connectivity index (χ0n) is 12.7. The predicted molar refractivity (Wildman–Crippen MR) is 89.1 cm³/mol. The fourth-order valence-electron chi connectivity index (χ4n) is 2.75. The largest absolute Gasteiger partial charge is 0.486 e. The molecule has 0 spiro atoms. The van der Waals surface area contributed by atoms with Crippen molar-refractivity contribution in [3.05, 3.63) is 66.6 Å². The number of fused-ring (bicyclic) bond motifs is 1. The summed E-state index contributed by atoms with van der Waals surface area (Å²) >= 11 is 0. The van der Waals surface area contributed by atoms with Gasteiger partial charge in [-0.2, -0.15) is 10.2 Å². The number of hydrogen-bond donors (Lipinski definition) is 1. The first kappa shape index (κ1) is 13.6. The lowest BCUT2D eigenvalue weighted by atomic mass is 9.97. The summed E-state index contributed by atoms with van der Waals surface area (Å²) in [7, 11) is 1.88. The summed E-state index contributed by atoms with van der Waals surface area (Å²) in [6.45, 7) is 0.496. The van der Waals surface area contributed by atoms with Gasteiger partial charge in [0.2, 0.25) is 0 Å². The van der Waals surface area contributed by atoms with Gasteiger partial charge >= 0.3 is 0 Å². The first-order valence-electron chi connectivity index (χ1n) is 7.43. The molecule has 0 saturated heterocycles. The summed E-state index contributed by atoms with van der Waals surface area (Å²) in [5.41, 5.74) is 4.47. The number of rotatable bonds is 4. The van der Waals surface area contributed by atoms with E-state index in [9.17, 15) is 0 Å². The molecular weight excluding hydrogens is 288 g/mol. The maximum absolute atomic E-state index is 5.86. The molecule has 0 bridgehead atoms. The monoisotopic (exact) mass is 304 g/mol. The van der Waals surface area contributed by atoms with Crippen LogP contribution >= 0.6 is 0 Å². The number of aryl methyl sites for hydroxylation is 1. The fraction of sp³-hybridized carbons (Fsp3) is 0.111. The average molecular weight is 304 g/mol. The summed E-state index contributed by atoms with van der Waals surface area (Å²) in [6, 6.07) is 14.5. The lowest BCUT2D eigenvalue weighted by Gasteiger charge is -2.11. The highest BCUT2D eigenvalue weighted by Gasteiger charge is 2.10. The topological polar surface area (TPSA) is 55.7 Å². The molecule has 0 fully saturated rings. The van der Waals surface area contributed by atoms with E-state index < -0.39 is 0 Å². The van der Waals surface area contributed by atoms with E-state index in [1.807, 2.05) is 43.7 Å². The van der Waals surface area contributed by atoms with Crippen molar-refractivity contribution in [2.75, 3.05) is 0 Å². The summed E-state index contributed by atoms with van der Waals surface area (Å²) in [5, 5.41) is 12.4. The SMILES string of the molecule is Cn1cc(OCc2ccccc2-c2cccc3[nH]ncc23)cn1. The van der Waals surface area contributed by atoms with E-state index in [0.29, 0.717) is 6.61 Å². The third-order valence-electron chi connectivity index (χ3n) is 3.87. The smallest absolute Gasteiger partial charge is 0.157 e. The number of aromatic amines is 1. The van der Waals surface area contributed by atoms with E-state index in [4.69, 9.17) is 4.74 Å². The molecule has 0 amide bonds. The molecule has 0 aliphatic carbocycles. The van der Waals surface area contributed by atoms with Crippen molar-refractivity contribution in [2.45, 2.75) is 6.61 Å². The van der Waals surface area contributed by atoms with Crippen LogP contribution in [0.2, 0.25) is 0 Å². The maximum atomic E-state index is 5.86. The van der Waals surface area contributed by atoms with E-state index in [2.05, 4.69) is 33.5 Å². The van der Waals surface area contributed by atoms with Crippen LogP contribution in [0.5, 0.6) is 5.75 Å². The molecular formula is C18H16N4O. The van der Waals surface area contributed by atoms with Gasteiger partial charge in [-0.05, 0) is 22.8 Å². The number of ether oxygens (including phenoxy) is 1. The Morgan fingerprint density at radius 3 is 2.78 bits per heavy atom. The van der Waals surface area contributed by atoms with Crippen LogP contribution in [0.3, 0.4) is 0 Å². The van der Waals surface area contributed by atoms with Crippen molar-refractivity contribution >= 4 is 10.9 Å². The zero-order valence-corrected chi connectivity index (χ0v) is 12.7. The molecule has 0 saturated carbocycles. The molecule has 0 atom stereocenters. The van der Waals surface area contributed by atoms with Crippen molar-refractivity contribution in [3.63, 3.8) is 0 Å². The van der Waals surface area contributed by atoms with Crippen LogP contribution < -0.4 is 4.74 Å². The van der Waals surface area contributed by atoms with Gasteiger partial charge in [-0.15, -0.1) is 0 Å². The van der Waals surface area contributed by atoms with E-state index >= 15 is 0 Å². The Morgan fingerprint density at radius 1 is 1.04 bits per heavy atom. The molecule has 4 aromatic rings. The number of H-pyrrole nitrogens is 1. The van der Waals surface area contributed by atoms with Gasteiger partial charge in [0.15, 0.2) is 5.75 Å². The van der Waals surface area contributed by atoms with E-state index in [0.717, 1.165) is 33.3 Å². The first-order chi connectivity index (χ1) is 11.3. The van der Waals surface area contributed by atoms with Gasteiger partial charge < -0.3 is 4.74 Å². The second kappa shape index (κ2) is 5.61. The van der Waals surface area contributed by atoms with Gasteiger partial charge in [-0.1, -0.05) is 36.4 Å².